The van der Waals surface area contributed by atoms with E-state index in [4.69, 9.17) is 175 Å². The van der Waals surface area contributed by atoms with Crippen molar-refractivity contribution >= 4 is 5.91 Å². The van der Waals surface area contributed by atoms with Crippen molar-refractivity contribution in [3.8, 4) is 28.7 Å². The van der Waals surface area contributed by atoms with Gasteiger partial charge in [0.25, 0.3) is 5.91 Å². The Kier molecular flexibility index (Phi) is 88.5. The summed E-state index contributed by atoms with van der Waals surface area (Å²) in [5, 5.41) is 13.3. The molecule has 1 amide bonds. The lowest BCUT2D eigenvalue weighted by Gasteiger charge is -2.25. The second-order valence-corrected chi connectivity index (χ2v) is 27.2. The molecule has 0 fully saturated rings. The molecular weight excluding hydrogens is 1680 g/mol. The summed E-state index contributed by atoms with van der Waals surface area (Å²) in [5.41, 5.74) is 0.930. The molecule has 0 radical (unpaired) electrons. The molecule has 746 valence electrons. The van der Waals surface area contributed by atoms with Crippen LogP contribution in [0.4, 0.5) is 0 Å². The summed E-state index contributed by atoms with van der Waals surface area (Å²) < 4.78 is 215. The van der Waals surface area contributed by atoms with Gasteiger partial charge in [-0.05, 0) is 42.7 Å². The van der Waals surface area contributed by atoms with E-state index in [1.54, 1.807) is 75.1 Å². The van der Waals surface area contributed by atoms with Gasteiger partial charge in [0, 0.05) is 88.1 Å². The van der Waals surface area contributed by atoms with Gasteiger partial charge in [-0.3, -0.25) is 4.79 Å². The largest absolute Gasteiger partial charge is 0.486 e. The van der Waals surface area contributed by atoms with Crippen molar-refractivity contribution in [2.45, 2.75) is 43.7 Å². The zero-order chi connectivity index (χ0) is 91.2. The Bertz CT molecular complexity index is 2360. The standard InChI is InChI=1S/C87H159NO39/c1-91-15-23-99-31-39-107-47-55-115-68-80(69-116-56-48-108-40-32-100-24-16-92-2)124-78-63-76(64-79(67-78)125-81(70-117-57-49-109-41-33-101-25-17-93-3)71-118-58-50-110-42-34-102-26-18-94-4)11-9-12-88-87(90)77-65-84(126-82(72-119-59-51-111-43-35-103-27-19-95-5)73-120-60-52-112-44-36-104-28-20-96-6)86(123-14-10-13-89)85(66-77)127-83(74-121-61-53-113-45-37-105-29-21-97-7)75-122-62-54-114-46-38-106-30-22-98-8/h63-67,80-83,89H,9-62,68-75H2,1-8H3,(H,88,90). The van der Waals surface area contributed by atoms with Gasteiger partial charge in [0.1, 0.15) is 35.9 Å². The maximum atomic E-state index is 15.1. The van der Waals surface area contributed by atoms with Crippen LogP contribution in [0.1, 0.15) is 28.8 Å². The zero-order valence-electron chi connectivity index (χ0n) is 77.5. The predicted octanol–water partition coefficient (Wildman–Crippen LogP) is 3.37. The molecular formula is C87H159NO39. The van der Waals surface area contributed by atoms with Gasteiger partial charge < -0.3 is 186 Å². The third-order valence-electron chi connectivity index (χ3n) is 16.7. The molecule has 0 bridgehead atoms. The molecule has 0 aliphatic rings. The highest BCUT2D eigenvalue weighted by Gasteiger charge is 2.26. The van der Waals surface area contributed by atoms with Crippen molar-refractivity contribution in [3.05, 3.63) is 41.5 Å². The van der Waals surface area contributed by atoms with Crippen LogP contribution in [0.2, 0.25) is 0 Å². The minimum absolute atomic E-state index is 0.00288. The SMILES string of the molecule is COCCOCCOCCOCC(COCCOCCOCCOC)Oc1cc(CCCNC(=O)c2cc(OC(COCCOCCOCCOC)COCCOCCOCCOC)c(OCCCO)c(OC(COCCOCCOCCOC)COCCOCCOCCOC)c2)cc(OC(COCCOCCOCCOC)COCCOCCOCCOC)c1. The van der Waals surface area contributed by atoms with E-state index in [0.717, 1.165) is 5.56 Å². The first-order chi connectivity index (χ1) is 62.8. The molecule has 0 saturated heterocycles. The molecule has 2 aromatic carbocycles. The number of amides is 1. The summed E-state index contributed by atoms with van der Waals surface area (Å²) in [6, 6.07) is 8.75. The molecule has 0 aliphatic heterocycles. The number of aliphatic hydroxyl groups excluding tert-OH is 1. The lowest BCUT2D eigenvalue weighted by atomic mass is 10.1. The molecule has 0 atom stereocenters. The van der Waals surface area contributed by atoms with Crippen LogP contribution in [-0.2, 0) is 158 Å². The number of hydrogen-bond donors (Lipinski definition) is 2. The Labute approximate surface area is 754 Å². The summed E-state index contributed by atoms with van der Waals surface area (Å²) in [5.74, 6) is 0.712. The van der Waals surface area contributed by atoms with Gasteiger partial charge in [0.15, 0.2) is 11.5 Å². The van der Waals surface area contributed by atoms with Crippen LogP contribution >= 0.6 is 0 Å². The Hall–Kier alpha value is -4.41. The van der Waals surface area contributed by atoms with Crippen LogP contribution in [0.15, 0.2) is 30.3 Å². The highest BCUT2D eigenvalue weighted by Crippen LogP contribution is 2.41. The van der Waals surface area contributed by atoms with Gasteiger partial charge >= 0.3 is 0 Å². The summed E-state index contributed by atoms with van der Waals surface area (Å²) >= 11 is 0. The van der Waals surface area contributed by atoms with E-state index >= 15 is 4.79 Å². The van der Waals surface area contributed by atoms with Crippen molar-refractivity contribution < 1.29 is 185 Å². The van der Waals surface area contributed by atoms with Crippen molar-refractivity contribution in [1.82, 2.24) is 5.32 Å². The molecule has 2 rings (SSSR count). The Morgan fingerprint density at radius 1 is 0.252 bits per heavy atom. The van der Waals surface area contributed by atoms with Crippen LogP contribution in [0, 0.1) is 0 Å². The fourth-order valence-corrected chi connectivity index (χ4v) is 10.4. The lowest BCUT2D eigenvalue weighted by molar-refractivity contribution is -0.0434. The second kappa shape index (κ2) is 94.8. The molecule has 0 aliphatic carbocycles. The van der Waals surface area contributed by atoms with Crippen molar-refractivity contribution in [2.75, 3.05) is 447 Å². The van der Waals surface area contributed by atoms with E-state index in [1.165, 1.54) is 0 Å². The highest BCUT2D eigenvalue weighted by atomic mass is 16.6. The van der Waals surface area contributed by atoms with Crippen LogP contribution in [-0.4, -0.2) is 482 Å². The molecule has 2 aromatic rings. The number of carbonyl (C=O) groups is 1. The molecule has 0 saturated carbocycles. The van der Waals surface area contributed by atoms with Gasteiger partial charge in [-0.15, -0.1) is 0 Å². The van der Waals surface area contributed by atoms with Crippen LogP contribution in [0.5, 0.6) is 28.7 Å². The summed E-state index contributed by atoms with van der Waals surface area (Å²) in [7, 11) is 12.9. The third kappa shape index (κ3) is 75.7. The number of nitrogens with one attached hydrogen (secondary N) is 1. The summed E-state index contributed by atoms with van der Waals surface area (Å²) in [6.07, 6.45) is -1.88. The first-order valence-electron chi connectivity index (χ1n) is 44.1. The molecule has 40 nitrogen and oxygen atoms in total. The van der Waals surface area contributed by atoms with Crippen molar-refractivity contribution in [2.24, 2.45) is 0 Å². The van der Waals surface area contributed by atoms with Gasteiger partial charge in [-0.25, -0.2) is 0 Å². The van der Waals surface area contributed by atoms with Crippen LogP contribution in [0.25, 0.3) is 0 Å². The normalized spacial score (nSPS) is 11.8. The Balaban J connectivity index is 2.80. The highest BCUT2D eigenvalue weighted by molar-refractivity contribution is 5.95. The van der Waals surface area contributed by atoms with Crippen LogP contribution in [0.3, 0.4) is 0 Å². The molecule has 2 N–H and O–H groups in total. The first-order valence-corrected chi connectivity index (χ1v) is 44.1. The smallest absolute Gasteiger partial charge is 0.251 e. The minimum Gasteiger partial charge on any atom is -0.486 e. The van der Waals surface area contributed by atoms with Crippen LogP contribution < -0.4 is 29.0 Å². The molecule has 127 heavy (non-hydrogen) atoms. The quantitative estimate of drug-likeness (QED) is 0.0896. The third-order valence-corrected chi connectivity index (χ3v) is 16.7. The number of hydrogen-bond acceptors (Lipinski definition) is 39. The van der Waals surface area contributed by atoms with E-state index in [0.29, 0.717) is 262 Å². The summed E-state index contributed by atoms with van der Waals surface area (Å²) in [4.78, 5) is 15.1. The van der Waals surface area contributed by atoms with Gasteiger partial charge in [0.2, 0.25) is 5.75 Å². The topological polar surface area (TPSA) is 391 Å². The fraction of sp³-hybridized carbons (Fsp3) is 0.851. The van der Waals surface area contributed by atoms with Crippen molar-refractivity contribution in [3.63, 3.8) is 0 Å². The number of ether oxygens (including phenoxy) is 37. The molecule has 40 heteroatoms. The number of carbonyl (C=O) groups excluding carboxylic acids is 1. The summed E-state index contributed by atoms with van der Waals surface area (Å²) in [6.45, 7) is 17.7. The fourth-order valence-electron chi connectivity index (χ4n) is 10.4. The van der Waals surface area contributed by atoms with Gasteiger partial charge in [-0.2, -0.15) is 0 Å². The number of benzene rings is 2. The van der Waals surface area contributed by atoms with E-state index in [2.05, 4.69) is 5.32 Å². The number of methoxy groups -OCH3 is 8. The van der Waals surface area contributed by atoms with E-state index < -0.39 is 30.3 Å². The van der Waals surface area contributed by atoms with E-state index in [-0.39, 0.29) is 181 Å². The average Bonchev–Trinajstić information content (AvgIpc) is 0.806. The van der Waals surface area contributed by atoms with Crippen molar-refractivity contribution in [1.29, 1.82) is 0 Å². The zero-order valence-corrected chi connectivity index (χ0v) is 77.5. The predicted molar refractivity (Wildman–Crippen MR) is 463 cm³/mol. The maximum Gasteiger partial charge on any atom is 0.251 e. The Morgan fingerprint density at radius 3 is 0.669 bits per heavy atom. The maximum absolute atomic E-state index is 15.1. The molecule has 0 heterocycles. The van der Waals surface area contributed by atoms with E-state index in [9.17, 15) is 5.11 Å². The van der Waals surface area contributed by atoms with E-state index in [1.807, 2.05) is 12.1 Å². The Morgan fingerprint density at radius 2 is 0.457 bits per heavy atom. The first kappa shape index (κ1) is 119. The van der Waals surface area contributed by atoms with Gasteiger partial charge in [0.05, 0.1) is 377 Å². The molecule has 0 unspecified atom stereocenters. The molecule has 0 spiro atoms. The molecule has 0 aromatic heterocycles. The average molecular weight is 1840 g/mol. The number of aliphatic hydroxyl groups is 1. The van der Waals surface area contributed by atoms with Gasteiger partial charge in [-0.1, -0.05) is 0 Å². The minimum atomic E-state index is -0.827. The lowest BCUT2D eigenvalue weighted by Crippen LogP contribution is -2.32. The monoisotopic (exact) mass is 1840 g/mol. The number of aryl methyl sites for hydroxylation is 1. The number of rotatable bonds is 105. The second-order valence-electron chi connectivity index (χ2n) is 27.2.